The van der Waals surface area contributed by atoms with Crippen molar-refractivity contribution in [2.45, 2.75) is 6.42 Å². The van der Waals surface area contributed by atoms with Crippen LogP contribution in [0, 0.1) is 0 Å². The van der Waals surface area contributed by atoms with Crippen LogP contribution >= 0.6 is 27.5 Å². The fourth-order valence-corrected chi connectivity index (χ4v) is 2.63. The average Bonchev–Trinajstić information content (AvgIpc) is 2.77. The van der Waals surface area contributed by atoms with Gasteiger partial charge in [-0.1, -0.05) is 29.8 Å². The van der Waals surface area contributed by atoms with E-state index in [-0.39, 0.29) is 0 Å². The van der Waals surface area contributed by atoms with E-state index < -0.39 is 0 Å². The van der Waals surface area contributed by atoms with E-state index in [0.29, 0.717) is 5.15 Å². The summed E-state index contributed by atoms with van der Waals surface area (Å²) in [6.45, 7) is 0.922. The SMILES string of the molecule is Clc1ncnc(N2CCc3ccccc32)c1Br. The summed E-state index contributed by atoms with van der Waals surface area (Å²) in [5.74, 6) is 0.829. The maximum Gasteiger partial charge on any atom is 0.152 e. The molecule has 2 aromatic rings. The third-order valence-electron chi connectivity index (χ3n) is 2.87. The Morgan fingerprint density at radius 1 is 1.24 bits per heavy atom. The molecular weight excluding hydrogens is 302 g/mol. The summed E-state index contributed by atoms with van der Waals surface area (Å²) < 4.78 is 0.748. The van der Waals surface area contributed by atoms with Gasteiger partial charge in [-0.25, -0.2) is 9.97 Å². The second kappa shape index (κ2) is 4.27. The van der Waals surface area contributed by atoms with E-state index in [1.807, 2.05) is 6.07 Å². The number of rotatable bonds is 1. The fraction of sp³-hybridized carbons (Fsp3) is 0.167. The molecule has 0 aliphatic carbocycles. The number of anilines is 2. The van der Waals surface area contributed by atoms with Gasteiger partial charge in [0.15, 0.2) is 5.82 Å². The largest absolute Gasteiger partial charge is 0.325 e. The van der Waals surface area contributed by atoms with Gasteiger partial charge < -0.3 is 4.90 Å². The molecule has 0 unspecified atom stereocenters. The van der Waals surface area contributed by atoms with Crippen molar-refractivity contribution in [3.63, 3.8) is 0 Å². The smallest absolute Gasteiger partial charge is 0.152 e. The van der Waals surface area contributed by atoms with Crippen LogP contribution in [-0.4, -0.2) is 16.5 Å². The standard InChI is InChI=1S/C12H9BrClN3/c13-10-11(14)15-7-16-12(10)17-6-5-8-3-1-2-4-9(8)17/h1-4,7H,5-6H2. The Morgan fingerprint density at radius 2 is 2.06 bits per heavy atom. The molecule has 1 aromatic carbocycles. The van der Waals surface area contributed by atoms with Crippen LogP contribution in [-0.2, 0) is 6.42 Å². The van der Waals surface area contributed by atoms with Gasteiger partial charge in [-0.2, -0.15) is 0 Å². The molecule has 0 fully saturated rings. The van der Waals surface area contributed by atoms with Crippen LogP contribution in [0.5, 0.6) is 0 Å². The number of fused-ring (bicyclic) bond motifs is 1. The van der Waals surface area contributed by atoms with Gasteiger partial charge in [0.25, 0.3) is 0 Å². The topological polar surface area (TPSA) is 29.0 Å². The van der Waals surface area contributed by atoms with Gasteiger partial charge in [0, 0.05) is 12.2 Å². The van der Waals surface area contributed by atoms with Crippen molar-refractivity contribution in [2.75, 3.05) is 11.4 Å². The van der Waals surface area contributed by atoms with Crippen LogP contribution in [0.1, 0.15) is 5.56 Å². The zero-order valence-corrected chi connectivity index (χ0v) is 11.2. The number of para-hydroxylation sites is 1. The molecule has 0 atom stereocenters. The van der Waals surface area contributed by atoms with Gasteiger partial charge in [0.05, 0.1) is 4.47 Å². The molecule has 0 N–H and O–H groups in total. The zero-order chi connectivity index (χ0) is 11.8. The van der Waals surface area contributed by atoms with Gasteiger partial charge in [-0.3, -0.25) is 0 Å². The lowest BCUT2D eigenvalue weighted by atomic mass is 10.2. The van der Waals surface area contributed by atoms with E-state index in [1.54, 1.807) is 0 Å². The third-order valence-corrected chi connectivity index (χ3v) is 4.12. The zero-order valence-electron chi connectivity index (χ0n) is 8.90. The summed E-state index contributed by atoms with van der Waals surface area (Å²) in [6.07, 6.45) is 2.52. The lowest BCUT2D eigenvalue weighted by molar-refractivity contribution is 0.959. The van der Waals surface area contributed by atoms with Crippen molar-refractivity contribution in [2.24, 2.45) is 0 Å². The number of nitrogens with zero attached hydrogens (tertiary/aromatic N) is 3. The van der Waals surface area contributed by atoms with E-state index >= 15 is 0 Å². The molecule has 1 aliphatic heterocycles. The fourth-order valence-electron chi connectivity index (χ4n) is 2.09. The number of aromatic nitrogens is 2. The summed E-state index contributed by atoms with van der Waals surface area (Å²) in [4.78, 5) is 10.4. The number of hydrogen-bond donors (Lipinski definition) is 0. The first kappa shape index (κ1) is 11.0. The van der Waals surface area contributed by atoms with Gasteiger partial charge in [0.2, 0.25) is 0 Å². The molecule has 2 heterocycles. The predicted molar refractivity (Wildman–Crippen MR) is 71.9 cm³/mol. The molecule has 0 amide bonds. The quantitative estimate of drug-likeness (QED) is 0.754. The molecule has 0 saturated carbocycles. The molecule has 3 nitrogen and oxygen atoms in total. The Kier molecular flexibility index (Phi) is 2.76. The van der Waals surface area contributed by atoms with Crippen LogP contribution in [0.2, 0.25) is 5.15 Å². The summed E-state index contributed by atoms with van der Waals surface area (Å²) in [5.41, 5.74) is 2.54. The van der Waals surface area contributed by atoms with Crippen LogP contribution < -0.4 is 4.90 Å². The molecule has 0 saturated heterocycles. The molecule has 17 heavy (non-hydrogen) atoms. The first-order valence-corrected chi connectivity index (χ1v) is 6.46. The monoisotopic (exact) mass is 309 g/mol. The number of hydrogen-bond acceptors (Lipinski definition) is 3. The van der Waals surface area contributed by atoms with Crippen LogP contribution in [0.4, 0.5) is 11.5 Å². The second-order valence-corrected chi connectivity index (χ2v) is 4.98. The molecule has 0 bridgehead atoms. The highest BCUT2D eigenvalue weighted by molar-refractivity contribution is 9.10. The molecule has 0 radical (unpaired) electrons. The predicted octanol–water partition coefficient (Wildman–Crippen LogP) is 3.59. The van der Waals surface area contributed by atoms with E-state index in [1.165, 1.54) is 17.6 Å². The summed E-state index contributed by atoms with van der Waals surface area (Å²) in [7, 11) is 0. The van der Waals surface area contributed by atoms with E-state index in [0.717, 1.165) is 23.3 Å². The Balaban J connectivity index is 2.10. The minimum absolute atomic E-state index is 0.444. The van der Waals surface area contributed by atoms with Crippen molar-refractivity contribution in [3.05, 3.63) is 45.8 Å². The Morgan fingerprint density at radius 3 is 2.94 bits per heavy atom. The van der Waals surface area contributed by atoms with Gasteiger partial charge in [-0.15, -0.1) is 0 Å². The van der Waals surface area contributed by atoms with Gasteiger partial charge in [0.1, 0.15) is 11.5 Å². The number of benzene rings is 1. The molecule has 86 valence electrons. The Hall–Kier alpha value is -1.13. The van der Waals surface area contributed by atoms with Crippen molar-refractivity contribution in [1.82, 2.24) is 9.97 Å². The van der Waals surface area contributed by atoms with Gasteiger partial charge >= 0.3 is 0 Å². The Labute approximate surface area is 113 Å². The minimum atomic E-state index is 0.444. The molecule has 1 aromatic heterocycles. The third kappa shape index (κ3) is 1.81. The summed E-state index contributed by atoms with van der Waals surface area (Å²) >= 11 is 9.44. The van der Waals surface area contributed by atoms with E-state index in [2.05, 4.69) is 49.0 Å². The van der Waals surface area contributed by atoms with Crippen molar-refractivity contribution in [3.8, 4) is 0 Å². The molecular formula is C12H9BrClN3. The highest BCUT2D eigenvalue weighted by Crippen LogP contribution is 2.38. The molecule has 5 heteroatoms. The molecule has 1 aliphatic rings. The second-order valence-electron chi connectivity index (χ2n) is 3.83. The van der Waals surface area contributed by atoms with Crippen molar-refractivity contribution < 1.29 is 0 Å². The van der Waals surface area contributed by atoms with Crippen molar-refractivity contribution >= 4 is 39.0 Å². The summed E-state index contributed by atoms with van der Waals surface area (Å²) in [6, 6.07) is 8.34. The Bertz CT molecular complexity index is 573. The highest BCUT2D eigenvalue weighted by Gasteiger charge is 2.23. The van der Waals surface area contributed by atoms with E-state index in [9.17, 15) is 0 Å². The van der Waals surface area contributed by atoms with Crippen molar-refractivity contribution in [1.29, 1.82) is 0 Å². The number of halogens is 2. The van der Waals surface area contributed by atoms with E-state index in [4.69, 9.17) is 11.6 Å². The lowest BCUT2D eigenvalue weighted by Gasteiger charge is -2.19. The molecule has 0 spiro atoms. The average molecular weight is 311 g/mol. The lowest BCUT2D eigenvalue weighted by Crippen LogP contribution is -2.15. The first-order chi connectivity index (χ1) is 8.27. The van der Waals surface area contributed by atoms with Crippen LogP contribution in [0.15, 0.2) is 35.1 Å². The maximum atomic E-state index is 5.99. The van der Waals surface area contributed by atoms with Gasteiger partial charge in [-0.05, 0) is 34.0 Å². The normalized spacial score (nSPS) is 13.9. The maximum absolute atomic E-state index is 5.99. The summed E-state index contributed by atoms with van der Waals surface area (Å²) in [5, 5.41) is 0.444. The minimum Gasteiger partial charge on any atom is -0.325 e. The first-order valence-electron chi connectivity index (χ1n) is 5.29. The molecule has 3 rings (SSSR count). The van der Waals surface area contributed by atoms with Crippen LogP contribution in [0.25, 0.3) is 0 Å². The highest BCUT2D eigenvalue weighted by atomic mass is 79.9. The van der Waals surface area contributed by atoms with Crippen LogP contribution in [0.3, 0.4) is 0 Å².